The number of aromatic nitrogens is 1. The number of esters is 1. The molecule has 0 radical (unpaired) electrons. The molecule has 0 saturated heterocycles. The van der Waals surface area contributed by atoms with Crippen LogP contribution in [0.5, 0.6) is 0 Å². The molecule has 0 aliphatic heterocycles. The van der Waals surface area contributed by atoms with Crippen molar-refractivity contribution in [3.05, 3.63) is 58.9 Å². The Morgan fingerprint density at radius 3 is 2.23 bits per heavy atom. The molecule has 6 rings (SSSR count). The Labute approximate surface area is 185 Å². The van der Waals surface area contributed by atoms with E-state index in [-0.39, 0.29) is 23.8 Å². The van der Waals surface area contributed by atoms with Gasteiger partial charge in [-0.05, 0) is 87.2 Å². The molecule has 0 N–H and O–H groups in total. The molecular formula is C27H33NO3. The third kappa shape index (κ3) is 4.09. The highest BCUT2D eigenvalue weighted by atomic mass is 16.5. The van der Waals surface area contributed by atoms with Crippen LogP contribution < -0.4 is 0 Å². The van der Waals surface area contributed by atoms with Crippen LogP contribution >= 0.6 is 0 Å². The largest absolute Gasteiger partial charge is 0.457 e. The van der Waals surface area contributed by atoms with Gasteiger partial charge < -0.3 is 9.30 Å². The molecule has 4 heteroatoms. The maximum atomic E-state index is 12.9. The van der Waals surface area contributed by atoms with E-state index in [1.54, 1.807) is 0 Å². The predicted molar refractivity (Wildman–Crippen MR) is 120 cm³/mol. The lowest BCUT2D eigenvalue weighted by atomic mass is 9.49. The molecule has 164 valence electrons. The van der Waals surface area contributed by atoms with Crippen LogP contribution in [-0.2, 0) is 16.1 Å². The minimum absolute atomic E-state index is 0.105. The van der Waals surface area contributed by atoms with Crippen LogP contribution in [0.1, 0.15) is 72.3 Å². The molecule has 1 aromatic heterocycles. The topological polar surface area (TPSA) is 48.3 Å². The molecule has 2 aromatic rings. The van der Waals surface area contributed by atoms with Gasteiger partial charge in [-0.1, -0.05) is 30.3 Å². The third-order valence-electron chi connectivity index (χ3n) is 8.11. The van der Waals surface area contributed by atoms with Crippen LogP contribution in [0.4, 0.5) is 0 Å². The van der Waals surface area contributed by atoms with E-state index >= 15 is 0 Å². The molecule has 4 saturated carbocycles. The maximum absolute atomic E-state index is 12.9. The highest BCUT2D eigenvalue weighted by Gasteiger charge is 2.51. The number of ether oxygens (including phenoxy) is 1. The van der Waals surface area contributed by atoms with Crippen molar-refractivity contribution in [1.29, 1.82) is 0 Å². The Kier molecular flexibility index (Phi) is 5.27. The zero-order valence-electron chi connectivity index (χ0n) is 18.7. The first-order valence-electron chi connectivity index (χ1n) is 11.8. The fourth-order valence-electron chi connectivity index (χ4n) is 7.18. The van der Waals surface area contributed by atoms with Crippen LogP contribution in [0.3, 0.4) is 0 Å². The van der Waals surface area contributed by atoms with Gasteiger partial charge in [0.15, 0.2) is 6.61 Å². The standard InChI is InChI=1S/C27H33NO3/c1-18-8-24(19(2)28(18)16-20-6-4-3-5-7-20)25(29)17-31-26(30)15-27-12-21-9-22(13-27)11-23(10-21)14-27/h3-8,21-23H,9-17H2,1-2H3. The molecule has 0 atom stereocenters. The number of benzene rings is 1. The molecule has 4 bridgehead atoms. The summed E-state index contributed by atoms with van der Waals surface area (Å²) in [6.07, 6.45) is 8.15. The molecule has 4 nitrogen and oxygen atoms in total. The second kappa shape index (κ2) is 7.96. The number of nitrogens with zero attached hydrogens (tertiary/aromatic N) is 1. The minimum Gasteiger partial charge on any atom is -0.457 e. The summed E-state index contributed by atoms with van der Waals surface area (Å²) in [5.41, 5.74) is 4.00. The van der Waals surface area contributed by atoms with Gasteiger partial charge in [0.05, 0.1) is 6.42 Å². The van der Waals surface area contributed by atoms with E-state index < -0.39 is 0 Å². The van der Waals surface area contributed by atoms with Crippen molar-refractivity contribution in [2.24, 2.45) is 23.2 Å². The zero-order valence-corrected chi connectivity index (χ0v) is 18.7. The summed E-state index contributed by atoms with van der Waals surface area (Å²) in [4.78, 5) is 25.5. The molecule has 0 unspecified atom stereocenters. The van der Waals surface area contributed by atoms with Crippen molar-refractivity contribution in [2.45, 2.75) is 65.3 Å². The molecule has 4 fully saturated rings. The number of hydrogen-bond donors (Lipinski definition) is 0. The highest BCUT2D eigenvalue weighted by molar-refractivity contribution is 5.99. The summed E-state index contributed by atoms with van der Waals surface area (Å²) in [6, 6.07) is 12.2. The van der Waals surface area contributed by atoms with E-state index in [0.717, 1.165) is 35.7 Å². The molecule has 1 heterocycles. The smallest absolute Gasteiger partial charge is 0.306 e. The first-order chi connectivity index (χ1) is 14.9. The number of rotatable bonds is 7. The summed E-state index contributed by atoms with van der Waals surface area (Å²) < 4.78 is 7.67. The van der Waals surface area contributed by atoms with Crippen molar-refractivity contribution >= 4 is 11.8 Å². The molecular weight excluding hydrogens is 386 g/mol. The molecule has 4 aliphatic carbocycles. The summed E-state index contributed by atoms with van der Waals surface area (Å²) >= 11 is 0. The summed E-state index contributed by atoms with van der Waals surface area (Å²) in [5, 5.41) is 0. The van der Waals surface area contributed by atoms with Gasteiger partial charge in [-0.3, -0.25) is 9.59 Å². The van der Waals surface area contributed by atoms with Crippen LogP contribution in [0.15, 0.2) is 36.4 Å². The lowest BCUT2D eigenvalue weighted by molar-refractivity contribution is -0.150. The van der Waals surface area contributed by atoms with Crippen molar-refractivity contribution in [3.8, 4) is 0 Å². The summed E-state index contributed by atoms with van der Waals surface area (Å²) in [5.74, 6) is 2.15. The average molecular weight is 420 g/mol. The van der Waals surface area contributed by atoms with Gasteiger partial charge in [0.1, 0.15) is 0 Å². The monoisotopic (exact) mass is 419 g/mol. The van der Waals surface area contributed by atoms with Crippen molar-refractivity contribution in [1.82, 2.24) is 4.57 Å². The van der Waals surface area contributed by atoms with Gasteiger partial charge in [0.25, 0.3) is 0 Å². The van der Waals surface area contributed by atoms with Crippen molar-refractivity contribution in [2.75, 3.05) is 6.61 Å². The van der Waals surface area contributed by atoms with Crippen LogP contribution in [0.25, 0.3) is 0 Å². The SMILES string of the molecule is Cc1cc(C(=O)COC(=O)CC23CC4CC(CC(C4)C2)C3)c(C)n1Cc1ccccc1. The minimum atomic E-state index is -0.187. The molecule has 4 aliphatic rings. The first kappa shape index (κ1) is 20.5. The number of carbonyl (C=O) groups is 2. The summed E-state index contributed by atoms with van der Waals surface area (Å²) in [7, 11) is 0. The van der Waals surface area contributed by atoms with Crippen LogP contribution in [0, 0.1) is 37.0 Å². The number of aryl methyl sites for hydroxylation is 1. The van der Waals surface area contributed by atoms with E-state index in [4.69, 9.17) is 4.74 Å². The van der Waals surface area contributed by atoms with E-state index in [2.05, 4.69) is 16.7 Å². The molecule has 0 amide bonds. The fraction of sp³-hybridized carbons (Fsp3) is 0.556. The molecule has 31 heavy (non-hydrogen) atoms. The average Bonchev–Trinajstić information content (AvgIpc) is 3.00. The Morgan fingerprint density at radius 2 is 1.61 bits per heavy atom. The lowest BCUT2D eigenvalue weighted by Crippen LogP contribution is -2.47. The molecule has 1 aromatic carbocycles. The van der Waals surface area contributed by atoms with Crippen LogP contribution in [0.2, 0.25) is 0 Å². The third-order valence-corrected chi connectivity index (χ3v) is 8.11. The van der Waals surface area contributed by atoms with E-state index in [1.807, 2.05) is 38.1 Å². The number of Topliss-reactive ketones (excluding diaryl/α,β-unsaturated/α-hetero) is 1. The van der Waals surface area contributed by atoms with Gasteiger partial charge in [-0.2, -0.15) is 0 Å². The lowest BCUT2D eigenvalue weighted by Gasteiger charge is -2.56. The normalized spacial score (nSPS) is 28.6. The van der Waals surface area contributed by atoms with Crippen molar-refractivity contribution in [3.63, 3.8) is 0 Å². The van der Waals surface area contributed by atoms with E-state index in [9.17, 15) is 9.59 Å². The van der Waals surface area contributed by atoms with Gasteiger partial charge >= 0.3 is 5.97 Å². The first-order valence-corrected chi connectivity index (χ1v) is 11.8. The summed E-state index contributed by atoms with van der Waals surface area (Å²) in [6.45, 7) is 4.57. The number of carbonyl (C=O) groups excluding carboxylic acids is 2. The number of hydrogen-bond acceptors (Lipinski definition) is 3. The van der Waals surface area contributed by atoms with Gasteiger partial charge in [-0.25, -0.2) is 0 Å². The van der Waals surface area contributed by atoms with Gasteiger partial charge in [0, 0.05) is 23.5 Å². The number of ketones is 1. The van der Waals surface area contributed by atoms with Crippen LogP contribution in [-0.4, -0.2) is 22.9 Å². The fourth-order valence-corrected chi connectivity index (χ4v) is 7.18. The Morgan fingerprint density at radius 1 is 1.00 bits per heavy atom. The Bertz CT molecular complexity index is 952. The Balaban J connectivity index is 1.20. The zero-order chi connectivity index (χ0) is 21.6. The second-order valence-corrected chi connectivity index (χ2v) is 10.5. The van der Waals surface area contributed by atoms with E-state index in [1.165, 1.54) is 44.1 Å². The van der Waals surface area contributed by atoms with Gasteiger partial charge in [-0.15, -0.1) is 0 Å². The molecule has 0 spiro atoms. The second-order valence-electron chi connectivity index (χ2n) is 10.5. The van der Waals surface area contributed by atoms with Crippen molar-refractivity contribution < 1.29 is 14.3 Å². The Hall–Kier alpha value is -2.36. The van der Waals surface area contributed by atoms with Gasteiger partial charge in [0.2, 0.25) is 5.78 Å². The maximum Gasteiger partial charge on any atom is 0.306 e. The predicted octanol–water partition coefficient (Wildman–Crippen LogP) is 5.49. The van der Waals surface area contributed by atoms with E-state index in [0.29, 0.717) is 12.0 Å². The highest BCUT2D eigenvalue weighted by Crippen LogP contribution is 2.61. The quantitative estimate of drug-likeness (QED) is 0.441.